The van der Waals surface area contributed by atoms with Gasteiger partial charge in [-0.25, -0.2) is 0 Å². The normalized spacial score (nSPS) is 26.3. The number of hydrogen-bond donors (Lipinski definition) is 0. The Balaban J connectivity index is 1.86. The molecule has 1 aromatic rings. The molecule has 6 nitrogen and oxygen atoms in total. The van der Waals surface area contributed by atoms with Crippen LogP contribution in [0.25, 0.3) is 0 Å². The van der Waals surface area contributed by atoms with Crippen LogP contribution in [0, 0.1) is 5.92 Å². The van der Waals surface area contributed by atoms with Crippen LogP contribution in [0.2, 0.25) is 5.02 Å². The van der Waals surface area contributed by atoms with Gasteiger partial charge in [-0.15, -0.1) is 0 Å². The summed E-state index contributed by atoms with van der Waals surface area (Å²) in [6.07, 6.45) is 7.40. The molecular weight excluding hydrogens is 406 g/mol. The SMILES string of the molecule is COc1cc(OC)c2c(c1Cl)O[C@]1(C2=O)C(N(C)C2CCCCC2)=CC(=O)C[C@H]1C. The summed E-state index contributed by atoms with van der Waals surface area (Å²) in [6, 6.07) is 1.88. The molecule has 0 unspecified atom stereocenters. The molecule has 162 valence electrons. The average Bonchev–Trinajstić information content (AvgIpc) is 3.06. The molecule has 3 aliphatic rings. The smallest absolute Gasteiger partial charge is 0.220 e. The summed E-state index contributed by atoms with van der Waals surface area (Å²) < 4.78 is 17.3. The minimum Gasteiger partial charge on any atom is -0.496 e. The van der Waals surface area contributed by atoms with Crippen LogP contribution in [0.4, 0.5) is 0 Å². The highest BCUT2D eigenvalue weighted by Crippen LogP contribution is 2.55. The lowest BCUT2D eigenvalue weighted by Gasteiger charge is -2.45. The lowest BCUT2D eigenvalue weighted by molar-refractivity contribution is -0.118. The molecule has 1 fully saturated rings. The van der Waals surface area contributed by atoms with Crippen molar-refractivity contribution < 1.29 is 23.8 Å². The van der Waals surface area contributed by atoms with Crippen molar-refractivity contribution in [3.05, 3.63) is 28.4 Å². The summed E-state index contributed by atoms with van der Waals surface area (Å²) in [4.78, 5) is 28.6. The number of hydrogen-bond acceptors (Lipinski definition) is 6. The molecule has 1 aliphatic heterocycles. The van der Waals surface area contributed by atoms with Gasteiger partial charge in [0.15, 0.2) is 11.5 Å². The van der Waals surface area contributed by atoms with Crippen molar-refractivity contribution >= 4 is 23.2 Å². The number of carbonyl (C=O) groups is 2. The van der Waals surface area contributed by atoms with E-state index in [-0.39, 0.29) is 40.7 Å². The first-order valence-corrected chi connectivity index (χ1v) is 10.9. The fraction of sp³-hybridized carbons (Fsp3) is 0.565. The second-order valence-corrected chi connectivity index (χ2v) is 8.85. The van der Waals surface area contributed by atoms with Crippen molar-refractivity contribution in [1.82, 2.24) is 4.90 Å². The van der Waals surface area contributed by atoms with E-state index in [1.165, 1.54) is 20.6 Å². The van der Waals surface area contributed by atoms with Crippen LogP contribution in [-0.4, -0.2) is 49.4 Å². The summed E-state index contributed by atoms with van der Waals surface area (Å²) >= 11 is 6.55. The van der Waals surface area contributed by atoms with Crippen molar-refractivity contribution in [2.24, 2.45) is 5.92 Å². The van der Waals surface area contributed by atoms with Gasteiger partial charge in [0.1, 0.15) is 22.1 Å². The van der Waals surface area contributed by atoms with Crippen molar-refractivity contribution in [3.8, 4) is 17.2 Å². The predicted octanol–water partition coefficient (Wildman–Crippen LogP) is 4.43. The minimum absolute atomic E-state index is 0.00813. The number of rotatable bonds is 4. The van der Waals surface area contributed by atoms with E-state index in [1.807, 2.05) is 14.0 Å². The van der Waals surface area contributed by atoms with Crippen molar-refractivity contribution in [2.45, 2.75) is 57.1 Å². The molecule has 1 spiro atoms. The number of ketones is 2. The molecule has 1 aromatic carbocycles. The van der Waals surface area contributed by atoms with Gasteiger partial charge in [0.2, 0.25) is 11.4 Å². The number of methoxy groups -OCH3 is 2. The van der Waals surface area contributed by atoms with E-state index >= 15 is 0 Å². The molecule has 1 heterocycles. The molecule has 2 atom stereocenters. The number of benzene rings is 1. The molecule has 0 saturated heterocycles. The largest absolute Gasteiger partial charge is 0.496 e. The first-order chi connectivity index (χ1) is 14.3. The van der Waals surface area contributed by atoms with Gasteiger partial charge in [-0.05, 0) is 12.8 Å². The third kappa shape index (κ3) is 2.99. The summed E-state index contributed by atoms with van der Waals surface area (Å²) in [5.41, 5.74) is -0.366. The van der Waals surface area contributed by atoms with E-state index < -0.39 is 5.60 Å². The first kappa shape index (κ1) is 21.0. The van der Waals surface area contributed by atoms with Crippen molar-refractivity contribution in [1.29, 1.82) is 0 Å². The number of carbonyl (C=O) groups excluding carboxylic acids is 2. The highest BCUT2D eigenvalue weighted by Gasteiger charge is 2.60. The minimum atomic E-state index is -1.30. The quantitative estimate of drug-likeness (QED) is 0.699. The maximum atomic E-state index is 13.9. The van der Waals surface area contributed by atoms with Gasteiger partial charge < -0.3 is 19.1 Å². The molecule has 0 N–H and O–H groups in total. The number of ether oxygens (including phenoxy) is 3. The summed E-state index contributed by atoms with van der Waals surface area (Å²) in [7, 11) is 4.97. The van der Waals surface area contributed by atoms with Crippen LogP contribution in [0.5, 0.6) is 17.2 Å². The van der Waals surface area contributed by atoms with Crippen LogP contribution in [0.15, 0.2) is 17.8 Å². The van der Waals surface area contributed by atoms with Crippen LogP contribution >= 0.6 is 11.6 Å². The number of likely N-dealkylation sites (N-methyl/N-ethyl adjacent to an activating group) is 1. The molecule has 0 amide bonds. The standard InChI is InChI=1S/C23H28ClNO5/c1-13-10-15(26)11-18(25(2)14-8-6-5-7-9-14)23(13)22(27)19-16(28-3)12-17(29-4)20(24)21(19)30-23/h11-14H,5-10H2,1-4H3/t13-,23+/m1/s1. The zero-order chi connectivity index (χ0) is 21.6. The Morgan fingerprint density at radius 1 is 1.13 bits per heavy atom. The molecular formula is C23H28ClNO5. The lowest BCUT2D eigenvalue weighted by Crippen LogP contribution is -2.56. The molecule has 1 saturated carbocycles. The Morgan fingerprint density at radius 3 is 2.43 bits per heavy atom. The Hall–Kier alpha value is -2.21. The van der Waals surface area contributed by atoms with E-state index in [2.05, 4.69) is 4.90 Å². The van der Waals surface area contributed by atoms with Gasteiger partial charge in [-0.1, -0.05) is 37.8 Å². The molecule has 7 heteroatoms. The molecule has 0 radical (unpaired) electrons. The zero-order valence-electron chi connectivity index (χ0n) is 17.9. The first-order valence-electron chi connectivity index (χ1n) is 10.5. The maximum absolute atomic E-state index is 13.9. The van der Waals surface area contributed by atoms with Crippen LogP contribution in [0.3, 0.4) is 0 Å². The van der Waals surface area contributed by atoms with E-state index in [0.29, 0.717) is 22.8 Å². The van der Waals surface area contributed by atoms with Crippen molar-refractivity contribution in [2.75, 3.05) is 21.3 Å². The zero-order valence-corrected chi connectivity index (χ0v) is 18.7. The monoisotopic (exact) mass is 433 g/mol. The van der Waals surface area contributed by atoms with Crippen molar-refractivity contribution in [3.63, 3.8) is 0 Å². The average molecular weight is 434 g/mol. The van der Waals surface area contributed by atoms with E-state index in [0.717, 1.165) is 25.7 Å². The van der Waals surface area contributed by atoms with Crippen LogP contribution in [-0.2, 0) is 4.79 Å². The number of allylic oxidation sites excluding steroid dienone is 1. The predicted molar refractivity (Wildman–Crippen MR) is 114 cm³/mol. The molecule has 2 aliphatic carbocycles. The third-order valence-electron chi connectivity index (χ3n) is 6.80. The molecule has 0 bridgehead atoms. The number of halogens is 1. The fourth-order valence-electron chi connectivity index (χ4n) is 5.14. The Labute approximate surface area is 182 Å². The number of fused-ring (bicyclic) bond motifs is 1. The van der Waals surface area contributed by atoms with Gasteiger partial charge in [-0.3, -0.25) is 9.59 Å². The summed E-state index contributed by atoms with van der Waals surface area (Å²) in [5, 5.41) is 0.238. The lowest BCUT2D eigenvalue weighted by atomic mass is 9.73. The number of nitrogens with zero attached hydrogens (tertiary/aromatic N) is 1. The summed E-state index contributed by atoms with van der Waals surface area (Å²) in [5.74, 6) is 0.450. The van der Waals surface area contributed by atoms with Crippen LogP contribution in [0.1, 0.15) is 55.8 Å². The van der Waals surface area contributed by atoms with Gasteiger partial charge in [0.25, 0.3) is 0 Å². The van der Waals surface area contributed by atoms with E-state index in [9.17, 15) is 9.59 Å². The second-order valence-electron chi connectivity index (χ2n) is 8.47. The van der Waals surface area contributed by atoms with E-state index in [4.69, 9.17) is 25.8 Å². The number of Topliss-reactive ketones (excluding diaryl/α,β-unsaturated/α-hetero) is 1. The van der Waals surface area contributed by atoms with Gasteiger partial charge in [0.05, 0.1) is 19.9 Å². The molecule has 0 aromatic heterocycles. The highest BCUT2D eigenvalue weighted by molar-refractivity contribution is 6.35. The third-order valence-corrected chi connectivity index (χ3v) is 7.16. The maximum Gasteiger partial charge on any atom is 0.220 e. The van der Waals surface area contributed by atoms with E-state index in [1.54, 1.807) is 12.1 Å². The van der Waals surface area contributed by atoms with Gasteiger partial charge in [-0.2, -0.15) is 0 Å². The van der Waals surface area contributed by atoms with Gasteiger partial charge in [0, 0.05) is 37.6 Å². The Morgan fingerprint density at radius 2 is 1.80 bits per heavy atom. The Kier molecular flexibility index (Phi) is 5.47. The Bertz CT molecular complexity index is 921. The summed E-state index contributed by atoms with van der Waals surface area (Å²) in [6.45, 7) is 1.89. The molecule has 4 rings (SSSR count). The van der Waals surface area contributed by atoms with Crippen LogP contribution < -0.4 is 14.2 Å². The topological polar surface area (TPSA) is 65.1 Å². The second kappa shape index (κ2) is 7.80. The highest BCUT2D eigenvalue weighted by atomic mass is 35.5. The molecule has 30 heavy (non-hydrogen) atoms. The van der Waals surface area contributed by atoms with Gasteiger partial charge >= 0.3 is 0 Å². The fourth-order valence-corrected chi connectivity index (χ4v) is 5.40.